The van der Waals surface area contributed by atoms with Crippen molar-refractivity contribution in [3.05, 3.63) is 59.2 Å². The van der Waals surface area contributed by atoms with Crippen LogP contribution in [0.1, 0.15) is 23.6 Å². The fourth-order valence-corrected chi connectivity index (χ4v) is 2.46. The maximum absolute atomic E-state index is 12.3. The molecule has 0 aliphatic carbocycles. The van der Waals surface area contributed by atoms with Gasteiger partial charge in [0.2, 0.25) is 11.8 Å². The molecular formula is C19H19N3O2. The number of carbonyl (C=O) groups is 2. The molecule has 24 heavy (non-hydrogen) atoms. The molecule has 0 atom stereocenters. The molecule has 0 fully saturated rings. The predicted octanol–water partition coefficient (Wildman–Crippen LogP) is 3.17. The van der Waals surface area contributed by atoms with Crippen LogP contribution in [-0.2, 0) is 9.59 Å². The molecule has 0 aliphatic rings. The molecule has 5 nitrogen and oxygen atoms in total. The first kappa shape index (κ1) is 17.2. The van der Waals surface area contributed by atoms with E-state index in [0.29, 0.717) is 16.9 Å². The molecule has 2 rings (SSSR count). The highest BCUT2D eigenvalue weighted by Gasteiger charge is 2.19. The van der Waals surface area contributed by atoms with Gasteiger partial charge >= 0.3 is 0 Å². The Labute approximate surface area is 141 Å². The normalized spacial score (nSPS) is 9.92. The monoisotopic (exact) mass is 321 g/mol. The van der Waals surface area contributed by atoms with Crippen LogP contribution in [-0.4, -0.2) is 18.4 Å². The van der Waals surface area contributed by atoms with Crippen molar-refractivity contribution in [3.63, 3.8) is 0 Å². The molecule has 2 aromatic rings. The standard InChI is InChI=1S/C19H19N3O2/c1-13-8-9-17(14(2)10-13)21-19(24)12-22(15(3)23)18-7-5-4-6-16(18)11-20/h4-10H,12H2,1-3H3,(H,21,24). The fourth-order valence-electron chi connectivity index (χ4n) is 2.46. The Kier molecular flexibility index (Phi) is 5.33. The summed E-state index contributed by atoms with van der Waals surface area (Å²) in [6.07, 6.45) is 0. The summed E-state index contributed by atoms with van der Waals surface area (Å²) in [5, 5.41) is 12.0. The van der Waals surface area contributed by atoms with Gasteiger partial charge < -0.3 is 10.2 Å². The molecule has 122 valence electrons. The number of nitrogens with zero attached hydrogens (tertiary/aromatic N) is 2. The zero-order chi connectivity index (χ0) is 17.7. The van der Waals surface area contributed by atoms with Crippen LogP contribution in [0, 0.1) is 25.2 Å². The van der Waals surface area contributed by atoms with Crippen LogP contribution in [0.3, 0.4) is 0 Å². The number of rotatable bonds is 4. The number of nitriles is 1. The van der Waals surface area contributed by atoms with Crippen LogP contribution in [0.5, 0.6) is 0 Å². The number of aryl methyl sites for hydroxylation is 2. The van der Waals surface area contributed by atoms with E-state index in [1.807, 2.05) is 38.1 Å². The molecule has 0 aliphatic heterocycles. The van der Waals surface area contributed by atoms with E-state index in [1.54, 1.807) is 24.3 Å². The van der Waals surface area contributed by atoms with E-state index in [2.05, 4.69) is 5.32 Å². The van der Waals surface area contributed by atoms with Crippen molar-refractivity contribution in [1.82, 2.24) is 0 Å². The number of hydrogen-bond donors (Lipinski definition) is 1. The highest BCUT2D eigenvalue weighted by Crippen LogP contribution is 2.20. The molecule has 0 saturated heterocycles. The Bertz CT molecular complexity index is 822. The molecule has 2 aromatic carbocycles. The second-order valence-corrected chi connectivity index (χ2v) is 5.60. The zero-order valence-corrected chi connectivity index (χ0v) is 14.0. The van der Waals surface area contributed by atoms with E-state index < -0.39 is 0 Å². The van der Waals surface area contributed by atoms with E-state index in [9.17, 15) is 14.9 Å². The number of nitrogens with one attached hydrogen (secondary N) is 1. The average Bonchev–Trinajstić information content (AvgIpc) is 2.55. The molecule has 5 heteroatoms. The molecule has 0 radical (unpaired) electrons. The summed E-state index contributed by atoms with van der Waals surface area (Å²) in [5.41, 5.74) is 3.56. The second-order valence-electron chi connectivity index (χ2n) is 5.60. The Hall–Kier alpha value is -3.13. The van der Waals surface area contributed by atoms with E-state index in [1.165, 1.54) is 11.8 Å². The minimum Gasteiger partial charge on any atom is -0.324 e. The largest absolute Gasteiger partial charge is 0.324 e. The lowest BCUT2D eigenvalue weighted by molar-refractivity contribution is -0.120. The lowest BCUT2D eigenvalue weighted by Crippen LogP contribution is -2.37. The Morgan fingerprint density at radius 1 is 1.17 bits per heavy atom. The molecular weight excluding hydrogens is 302 g/mol. The van der Waals surface area contributed by atoms with Crippen molar-refractivity contribution in [2.75, 3.05) is 16.8 Å². The van der Waals surface area contributed by atoms with Gasteiger partial charge in [-0.25, -0.2) is 0 Å². The Balaban J connectivity index is 2.20. The van der Waals surface area contributed by atoms with Crippen LogP contribution in [0.25, 0.3) is 0 Å². The lowest BCUT2D eigenvalue weighted by atomic mass is 10.1. The third-order valence-electron chi connectivity index (χ3n) is 3.65. The second kappa shape index (κ2) is 7.42. The fraction of sp³-hybridized carbons (Fsp3) is 0.211. The average molecular weight is 321 g/mol. The first-order chi connectivity index (χ1) is 11.4. The van der Waals surface area contributed by atoms with Gasteiger partial charge in [0.15, 0.2) is 0 Å². The third-order valence-corrected chi connectivity index (χ3v) is 3.65. The maximum Gasteiger partial charge on any atom is 0.244 e. The molecule has 0 heterocycles. The van der Waals surface area contributed by atoms with Gasteiger partial charge in [0.25, 0.3) is 0 Å². The van der Waals surface area contributed by atoms with Gasteiger partial charge in [0.1, 0.15) is 12.6 Å². The van der Waals surface area contributed by atoms with Crippen LogP contribution in [0.4, 0.5) is 11.4 Å². The molecule has 1 N–H and O–H groups in total. The summed E-state index contributed by atoms with van der Waals surface area (Å²) in [6, 6.07) is 14.5. The van der Waals surface area contributed by atoms with Gasteiger partial charge in [-0.15, -0.1) is 0 Å². The van der Waals surface area contributed by atoms with E-state index in [0.717, 1.165) is 11.1 Å². The molecule has 0 bridgehead atoms. The van der Waals surface area contributed by atoms with Crippen molar-refractivity contribution < 1.29 is 9.59 Å². The summed E-state index contributed by atoms with van der Waals surface area (Å²) < 4.78 is 0. The van der Waals surface area contributed by atoms with Crippen LogP contribution < -0.4 is 10.2 Å². The van der Waals surface area contributed by atoms with E-state index in [4.69, 9.17) is 0 Å². The molecule has 0 aromatic heterocycles. The highest BCUT2D eigenvalue weighted by molar-refractivity contribution is 6.02. The topological polar surface area (TPSA) is 73.2 Å². The number of hydrogen-bond acceptors (Lipinski definition) is 3. The van der Waals surface area contributed by atoms with E-state index in [-0.39, 0.29) is 18.4 Å². The quantitative estimate of drug-likeness (QED) is 0.940. The maximum atomic E-state index is 12.3. The van der Waals surface area contributed by atoms with Crippen molar-refractivity contribution in [2.45, 2.75) is 20.8 Å². The zero-order valence-electron chi connectivity index (χ0n) is 14.0. The third kappa shape index (κ3) is 3.99. The highest BCUT2D eigenvalue weighted by atomic mass is 16.2. The Morgan fingerprint density at radius 3 is 2.50 bits per heavy atom. The van der Waals surface area contributed by atoms with Gasteiger partial charge in [-0.05, 0) is 37.6 Å². The Morgan fingerprint density at radius 2 is 1.88 bits per heavy atom. The first-order valence-electron chi connectivity index (χ1n) is 7.56. The van der Waals surface area contributed by atoms with Crippen LogP contribution in [0.2, 0.25) is 0 Å². The van der Waals surface area contributed by atoms with Crippen LogP contribution >= 0.6 is 0 Å². The molecule has 0 spiro atoms. The summed E-state index contributed by atoms with van der Waals surface area (Å²) in [6.45, 7) is 5.12. The molecule has 0 saturated carbocycles. The summed E-state index contributed by atoms with van der Waals surface area (Å²) >= 11 is 0. The number of carbonyl (C=O) groups excluding carboxylic acids is 2. The van der Waals surface area contributed by atoms with Crippen molar-refractivity contribution >= 4 is 23.2 Å². The van der Waals surface area contributed by atoms with Gasteiger partial charge in [-0.2, -0.15) is 5.26 Å². The predicted molar refractivity (Wildman–Crippen MR) is 93.7 cm³/mol. The lowest BCUT2D eigenvalue weighted by Gasteiger charge is -2.22. The van der Waals surface area contributed by atoms with Crippen molar-refractivity contribution in [2.24, 2.45) is 0 Å². The number of amides is 2. The number of benzene rings is 2. The van der Waals surface area contributed by atoms with Crippen molar-refractivity contribution in [3.8, 4) is 6.07 Å². The summed E-state index contributed by atoms with van der Waals surface area (Å²) in [7, 11) is 0. The van der Waals surface area contributed by atoms with Crippen molar-refractivity contribution in [1.29, 1.82) is 5.26 Å². The van der Waals surface area contributed by atoms with Gasteiger partial charge in [-0.1, -0.05) is 29.8 Å². The van der Waals surface area contributed by atoms with Gasteiger partial charge in [-0.3, -0.25) is 9.59 Å². The minimum absolute atomic E-state index is 0.151. The first-order valence-corrected chi connectivity index (χ1v) is 7.56. The van der Waals surface area contributed by atoms with E-state index >= 15 is 0 Å². The number of para-hydroxylation sites is 1. The number of anilines is 2. The van der Waals surface area contributed by atoms with Gasteiger partial charge in [0, 0.05) is 12.6 Å². The summed E-state index contributed by atoms with van der Waals surface area (Å²) in [5.74, 6) is -0.613. The minimum atomic E-state index is -0.315. The summed E-state index contributed by atoms with van der Waals surface area (Å²) in [4.78, 5) is 25.6. The molecule has 2 amide bonds. The van der Waals surface area contributed by atoms with Gasteiger partial charge in [0.05, 0.1) is 11.3 Å². The smallest absolute Gasteiger partial charge is 0.244 e. The SMILES string of the molecule is CC(=O)N(CC(=O)Nc1ccc(C)cc1C)c1ccccc1C#N. The van der Waals surface area contributed by atoms with Crippen LogP contribution in [0.15, 0.2) is 42.5 Å². The molecule has 0 unspecified atom stereocenters.